The number of carbonyl (C=O) groups is 1. The molecule has 1 amide bonds. The number of amides is 1. The van der Waals surface area contributed by atoms with Crippen molar-refractivity contribution in [3.63, 3.8) is 0 Å². The zero-order valence-corrected chi connectivity index (χ0v) is 15.0. The lowest BCUT2D eigenvalue weighted by Gasteiger charge is -2.20. The van der Waals surface area contributed by atoms with Crippen LogP contribution in [0.5, 0.6) is 0 Å². The van der Waals surface area contributed by atoms with E-state index in [-0.39, 0.29) is 5.91 Å². The molecule has 134 valence electrons. The molecule has 2 aromatic carbocycles. The highest BCUT2D eigenvalue weighted by Crippen LogP contribution is 2.15. The van der Waals surface area contributed by atoms with Crippen LogP contribution in [0.15, 0.2) is 66.9 Å². The van der Waals surface area contributed by atoms with Crippen LogP contribution in [-0.2, 0) is 6.54 Å². The number of hydrogen-bond acceptors (Lipinski definition) is 5. The quantitative estimate of drug-likeness (QED) is 0.726. The molecule has 6 nitrogen and oxygen atoms in total. The zero-order valence-electron chi connectivity index (χ0n) is 15.0. The molecule has 6 heteroatoms. The maximum Gasteiger partial charge on any atom is 0.272 e. The van der Waals surface area contributed by atoms with Gasteiger partial charge >= 0.3 is 0 Å². The van der Waals surface area contributed by atoms with Crippen LogP contribution >= 0.6 is 0 Å². The van der Waals surface area contributed by atoms with E-state index >= 15 is 0 Å². The first-order valence-corrected chi connectivity index (χ1v) is 8.63. The molecule has 1 heterocycles. The summed E-state index contributed by atoms with van der Waals surface area (Å²) in [7, 11) is 0. The van der Waals surface area contributed by atoms with Crippen molar-refractivity contribution < 1.29 is 4.79 Å². The second kappa shape index (κ2) is 8.59. The van der Waals surface area contributed by atoms with Gasteiger partial charge in [0.2, 0.25) is 5.95 Å². The average molecular weight is 357 g/mol. The van der Waals surface area contributed by atoms with Crippen molar-refractivity contribution in [2.75, 3.05) is 11.9 Å². The van der Waals surface area contributed by atoms with Crippen LogP contribution in [0.3, 0.4) is 0 Å². The summed E-state index contributed by atoms with van der Waals surface area (Å²) in [6.45, 7) is 3.03. The molecule has 1 N–H and O–H groups in total. The van der Waals surface area contributed by atoms with Crippen LogP contribution in [0.4, 0.5) is 11.6 Å². The van der Waals surface area contributed by atoms with Crippen LogP contribution in [0.2, 0.25) is 0 Å². The first-order chi connectivity index (χ1) is 13.2. The van der Waals surface area contributed by atoms with Crippen LogP contribution < -0.4 is 5.32 Å². The van der Waals surface area contributed by atoms with Gasteiger partial charge < -0.3 is 10.2 Å². The standard InChI is InChI=1S/C21H19N5O/c1-2-26(15-16-7-4-3-5-8-16)20(27)19-11-12-23-21(25-19)24-18-10-6-9-17(13-18)14-22/h3-13H,2,15H2,1H3,(H,23,24,25). The number of hydrogen-bond donors (Lipinski definition) is 1. The molecular formula is C21H19N5O. The Morgan fingerprint density at radius 3 is 2.70 bits per heavy atom. The zero-order chi connectivity index (χ0) is 19.1. The van der Waals surface area contributed by atoms with Crippen LogP contribution in [0, 0.1) is 11.3 Å². The monoisotopic (exact) mass is 357 g/mol. The number of rotatable bonds is 6. The summed E-state index contributed by atoms with van der Waals surface area (Å²) in [6, 6.07) is 20.5. The number of benzene rings is 2. The predicted molar refractivity (Wildman–Crippen MR) is 103 cm³/mol. The second-order valence-electron chi connectivity index (χ2n) is 5.89. The summed E-state index contributed by atoms with van der Waals surface area (Å²) in [5, 5.41) is 12.0. The summed E-state index contributed by atoms with van der Waals surface area (Å²) in [5.41, 5.74) is 2.61. The Bertz CT molecular complexity index is 966. The highest BCUT2D eigenvalue weighted by Gasteiger charge is 2.16. The van der Waals surface area contributed by atoms with Gasteiger partial charge in [-0.2, -0.15) is 5.26 Å². The first kappa shape index (κ1) is 18.1. The SMILES string of the molecule is CCN(Cc1ccccc1)C(=O)c1ccnc(Nc2cccc(C#N)c2)n1. The molecule has 0 unspecified atom stereocenters. The number of nitrogens with one attached hydrogen (secondary N) is 1. The van der Waals surface area contributed by atoms with Crippen LogP contribution in [-0.4, -0.2) is 27.3 Å². The van der Waals surface area contributed by atoms with Crippen molar-refractivity contribution in [2.24, 2.45) is 0 Å². The van der Waals surface area contributed by atoms with Gasteiger partial charge in [0, 0.05) is 25.0 Å². The highest BCUT2D eigenvalue weighted by molar-refractivity contribution is 5.92. The molecule has 0 saturated carbocycles. The number of nitriles is 1. The molecule has 3 rings (SSSR count). The summed E-state index contributed by atoms with van der Waals surface area (Å²) < 4.78 is 0. The van der Waals surface area contributed by atoms with Gasteiger partial charge in [-0.15, -0.1) is 0 Å². The molecule has 0 spiro atoms. The Morgan fingerprint density at radius 1 is 1.15 bits per heavy atom. The third-order valence-corrected chi connectivity index (χ3v) is 4.01. The largest absolute Gasteiger partial charge is 0.333 e. The Kier molecular flexibility index (Phi) is 5.75. The summed E-state index contributed by atoms with van der Waals surface area (Å²) in [6.07, 6.45) is 1.55. The lowest BCUT2D eigenvalue weighted by atomic mass is 10.2. The van der Waals surface area contributed by atoms with Crippen molar-refractivity contribution >= 4 is 17.5 Å². The molecule has 0 atom stereocenters. The molecular weight excluding hydrogens is 338 g/mol. The van der Waals surface area contributed by atoms with E-state index in [0.29, 0.717) is 36.0 Å². The van der Waals surface area contributed by atoms with Gasteiger partial charge in [-0.1, -0.05) is 36.4 Å². The fourth-order valence-electron chi connectivity index (χ4n) is 2.63. The van der Waals surface area contributed by atoms with Gasteiger partial charge in [0.05, 0.1) is 11.6 Å². The molecule has 0 fully saturated rings. The fraction of sp³-hybridized carbons (Fsp3) is 0.143. The Labute approximate surface area is 158 Å². The number of nitrogens with zero attached hydrogens (tertiary/aromatic N) is 4. The lowest BCUT2D eigenvalue weighted by Crippen LogP contribution is -2.31. The fourth-order valence-corrected chi connectivity index (χ4v) is 2.63. The van der Waals surface area contributed by atoms with Crippen LogP contribution in [0.25, 0.3) is 0 Å². The second-order valence-corrected chi connectivity index (χ2v) is 5.89. The molecule has 0 radical (unpaired) electrons. The predicted octanol–water partition coefficient (Wildman–Crippen LogP) is 3.75. The van der Waals surface area contributed by atoms with Gasteiger partial charge in [0.25, 0.3) is 5.91 Å². The summed E-state index contributed by atoms with van der Waals surface area (Å²) in [5.74, 6) is 0.157. The molecule has 0 bridgehead atoms. The van der Waals surface area contributed by atoms with Crippen molar-refractivity contribution in [3.05, 3.63) is 83.7 Å². The molecule has 0 saturated heterocycles. The maximum atomic E-state index is 12.9. The molecule has 27 heavy (non-hydrogen) atoms. The molecule has 0 aliphatic rings. The lowest BCUT2D eigenvalue weighted by molar-refractivity contribution is 0.0746. The average Bonchev–Trinajstić information content (AvgIpc) is 2.72. The molecule has 3 aromatic rings. The minimum atomic E-state index is -0.155. The van der Waals surface area contributed by atoms with E-state index in [2.05, 4.69) is 21.4 Å². The minimum absolute atomic E-state index is 0.155. The molecule has 1 aromatic heterocycles. The smallest absolute Gasteiger partial charge is 0.272 e. The topological polar surface area (TPSA) is 81.9 Å². The number of carbonyl (C=O) groups excluding carboxylic acids is 1. The first-order valence-electron chi connectivity index (χ1n) is 8.63. The Morgan fingerprint density at radius 2 is 1.96 bits per heavy atom. The van der Waals surface area contributed by atoms with E-state index in [4.69, 9.17) is 5.26 Å². The van der Waals surface area contributed by atoms with Crippen molar-refractivity contribution in [3.8, 4) is 6.07 Å². The van der Waals surface area contributed by atoms with E-state index in [1.807, 2.05) is 43.3 Å². The van der Waals surface area contributed by atoms with E-state index in [9.17, 15) is 4.79 Å². The van der Waals surface area contributed by atoms with E-state index < -0.39 is 0 Å². The molecule has 0 aliphatic heterocycles. The highest BCUT2D eigenvalue weighted by atomic mass is 16.2. The van der Waals surface area contributed by atoms with Gasteiger partial charge in [-0.25, -0.2) is 9.97 Å². The third-order valence-electron chi connectivity index (χ3n) is 4.01. The van der Waals surface area contributed by atoms with Gasteiger partial charge in [0.15, 0.2) is 0 Å². The van der Waals surface area contributed by atoms with Crippen molar-refractivity contribution in [1.29, 1.82) is 5.26 Å². The van der Waals surface area contributed by atoms with Crippen molar-refractivity contribution in [1.82, 2.24) is 14.9 Å². The van der Waals surface area contributed by atoms with E-state index in [0.717, 1.165) is 5.56 Å². The minimum Gasteiger partial charge on any atom is -0.333 e. The summed E-state index contributed by atoms with van der Waals surface area (Å²) in [4.78, 5) is 23.1. The van der Waals surface area contributed by atoms with Crippen molar-refractivity contribution in [2.45, 2.75) is 13.5 Å². The third kappa shape index (κ3) is 4.67. The Balaban J connectivity index is 1.77. The van der Waals surface area contributed by atoms with Gasteiger partial charge in [-0.3, -0.25) is 4.79 Å². The number of aromatic nitrogens is 2. The van der Waals surface area contributed by atoms with E-state index in [1.165, 1.54) is 0 Å². The van der Waals surface area contributed by atoms with E-state index in [1.54, 1.807) is 35.4 Å². The summed E-state index contributed by atoms with van der Waals surface area (Å²) >= 11 is 0. The number of anilines is 2. The van der Waals surface area contributed by atoms with Gasteiger partial charge in [0.1, 0.15) is 5.69 Å². The Hall–Kier alpha value is -3.72. The normalized spacial score (nSPS) is 10.1. The maximum absolute atomic E-state index is 12.9. The van der Waals surface area contributed by atoms with Crippen LogP contribution in [0.1, 0.15) is 28.5 Å². The molecule has 0 aliphatic carbocycles. The van der Waals surface area contributed by atoms with Gasteiger partial charge in [-0.05, 0) is 36.8 Å².